The van der Waals surface area contributed by atoms with Crippen molar-refractivity contribution in [2.24, 2.45) is 11.7 Å². The second kappa shape index (κ2) is 8.47. The lowest BCUT2D eigenvalue weighted by Gasteiger charge is -2.30. The summed E-state index contributed by atoms with van der Waals surface area (Å²) in [6.45, 7) is 3.98. The van der Waals surface area contributed by atoms with Gasteiger partial charge < -0.3 is 20.4 Å². The van der Waals surface area contributed by atoms with E-state index in [0.717, 1.165) is 16.1 Å². The van der Waals surface area contributed by atoms with Crippen LogP contribution in [0.4, 0.5) is 10.5 Å². The smallest absolute Gasteiger partial charge is 0.314 e. The number of hydrogen-bond donors (Lipinski definition) is 1. The van der Waals surface area contributed by atoms with Crippen LogP contribution in [-0.4, -0.2) is 53.8 Å². The zero-order chi connectivity index (χ0) is 21.3. The number of amides is 4. The van der Waals surface area contributed by atoms with Gasteiger partial charge in [0.25, 0.3) is 0 Å². The number of aryl methyl sites for hydroxylation is 1. The molecule has 4 rings (SSSR count). The van der Waals surface area contributed by atoms with Gasteiger partial charge in [0.05, 0.1) is 12.0 Å². The monoisotopic (exact) mass is 426 g/mol. The van der Waals surface area contributed by atoms with E-state index in [-0.39, 0.29) is 24.3 Å². The normalized spacial score (nSPS) is 22.3. The Morgan fingerprint density at radius 3 is 2.40 bits per heavy atom. The maximum atomic E-state index is 13.5. The Bertz CT molecular complexity index is 928. The molecule has 2 fully saturated rings. The Balaban J connectivity index is 1.62. The number of hydrogen-bond acceptors (Lipinski definition) is 4. The van der Waals surface area contributed by atoms with Gasteiger partial charge in [-0.05, 0) is 36.9 Å². The average molecular weight is 427 g/mol. The van der Waals surface area contributed by atoms with Crippen molar-refractivity contribution in [1.29, 1.82) is 0 Å². The molecule has 1 aromatic carbocycles. The summed E-state index contributed by atoms with van der Waals surface area (Å²) in [7, 11) is 0. The number of primary amides is 1. The summed E-state index contributed by atoms with van der Waals surface area (Å²) in [4.78, 5) is 44.3. The summed E-state index contributed by atoms with van der Waals surface area (Å²) >= 11 is 1.57. The van der Waals surface area contributed by atoms with Gasteiger partial charge in [0.1, 0.15) is 0 Å². The van der Waals surface area contributed by atoms with Crippen LogP contribution in [0.25, 0.3) is 0 Å². The molecule has 2 unspecified atom stereocenters. The maximum absolute atomic E-state index is 13.5. The number of urea groups is 1. The molecule has 2 saturated heterocycles. The molecule has 3 heterocycles. The number of benzene rings is 1. The molecule has 0 saturated carbocycles. The Morgan fingerprint density at radius 1 is 1.03 bits per heavy atom. The lowest BCUT2D eigenvalue weighted by Crippen LogP contribution is -2.42. The highest BCUT2D eigenvalue weighted by Crippen LogP contribution is 2.43. The Kier molecular flexibility index (Phi) is 5.76. The van der Waals surface area contributed by atoms with Crippen molar-refractivity contribution in [3.05, 3.63) is 52.2 Å². The van der Waals surface area contributed by atoms with Crippen LogP contribution in [0.2, 0.25) is 0 Å². The molecule has 1 aromatic heterocycles. The van der Waals surface area contributed by atoms with Crippen molar-refractivity contribution in [1.82, 2.24) is 9.80 Å². The largest absolute Gasteiger partial charge is 0.351 e. The summed E-state index contributed by atoms with van der Waals surface area (Å²) < 4.78 is 0. The number of nitrogens with zero attached hydrogens (tertiary/aromatic N) is 3. The molecule has 2 aromatic rings. The van der Waals surface area contributed by atoms with E-state index in [4.69, 9.17) is 5.73 Å². The number of carbonyl (C=O) groups is 3. The van der Waals surface area contributed by atoms with E-state index in [1.54, 1.807) is 26.0 Å². The van der Waals surface area contributed by atoms with Gasteiger partial charge in [0, 0.05) is 43.2 Å². The van der Waals surface area contributed by atoms with Gasteiger partial charge in [0.2, 0.25) is 11.8 Å². The quantitative estimate of drug-likeness (QED) is 0.819. The van der Waals surface area contributed by atoms with Gasteiger partial charge in [-0.15, -0.1) is 11.3 Å². The highest BCUT2D eigenvalue weighted by molar-refractivity contribution is 7.10. The molecule has 158 valence electrons. The predicted octanol–water partition coefficient (Wildman–Crippen LogP) is 2.76. The van der Waals surface area contributed by atoms with Crippen LogP contribution in [0.3, 0.4) is 0 Å². The zero-order valence-electron chi connectivity index (χ0n) is 17.0. The van der Waals surface area contributed by atoms with Crippen molar-refractivity contribution < 1.29 is 14.4 Å². The fourth-order valence-corrected chi connectivity index (χ4v) is 5.22. The van der Waals surface area contributed by atoms with Gasteiger partial charge in [-0.1, -0.05) is 23.8 Å². The first-order valence-electron chi connectivity index (χ1n) is 10.2. The van der Waals surface area contributed by atoms with Crippen LogP contribution >= 0.6 is 11.3 Å². The molecule has 2 aliphatic rings. The number of nitrogens with two attached hydrogens (primary N) is 1. The van der Waals surface area contributed by atoms with Gasteiger partial charge in [-0.2, -0.15) is 0 Å². The van der Waals surface area contributed by atoms with Crippen LogP contribution < -0.4 is 10.6 Å². The summed E-state index contributed by atoms with van der Waals surface area (Å²) in [5.74, 6) is -0.510. The van der Waals surface area contributed by atoms with Crippen molar-refractivity contribution in [2.75, 3.05) is 31.1 Å². The van der Waals surface area contributed by atoms with E-state index >= 15 is 0 Å². The molecular weight excluding hydrogens is 400 g/mol. The van der Waals surface area contributed by atoms with E-state index in [1.165, 1.54) is 0 Å². The number of thiophene rings is 1. The Morgan fingerprint density at radius 2 is 1.73 bits per heavy atom. The highest BCUT2D eigenvalue weighted by atomic mass is 32.1. The lowest BCUT2D eigenvalue weighted by molar-refractivity contribution is -0.136. The minimum Gasteiger partial charge on any atom is -0.351 e. The second-order valence-electron chi connectivity index (χ2n) is 7.87. The lowest BCUT2D eigenvalue weighted by atomic mass is 9.96. The second-order valence-corrected chi connectivity index (χ2v) is 8.85. The fraction of sp³-hybridized carbons (Fsp3) is 0.409. The predicted molar refractivity (Wildman–Crippen MR) is 116 cm³/mol. The fourth-order valence-electron chi connectivity index (χ4n) is 4.34. The van der Waals surface area contributed by atoms with E-state index in [9.17, 15) is 14.4 Å². The highest BCUT2D eigenvalue weighted by Gasteiger charge is 2.47. The number of anilines is 1. The van der Waals surface area contributed by atoms with Crippen molar-refractivity contribution in [3.63, 3.8) is 0 Å². The third kappa shape index (κ3) is 3.92. The minimum atomic E-state index is -0.456. The summed E-state index contributed by atoms with van der Waals surface area (Å²) in [6, 6.07) is 11.0. The molecule has 0 aliphatic carbocycles. The molecular formula is C22H26N4O3S. The van der Waals surface area contributed by atoms with Crippen molar-refractivity contribution in [3.8, 4) is 0 Å². The molecule has 2 N–H and O–H groups in total. The molecule has 2 atom stereocenters. The standard InChI is InChI=1S/C22H26N4O3S/c1-15-5-7-16(8-6-15)26-19(27)14-17(20(26)18-4-2-13-30-18)21(28)24-9-3-10-25(12-11-24)22(23)29/h2,4-8,13,17,20H,3,9-12,14H2,1H3,(H2,23,29). The van der Waals surface area contributed by atoms with E-state index < -0.39 is 11.9 Å². The number of carbonyl (C=O) groups excluding carboxylic acids is 3. The Hall–Kier alpha value is -2.87. The first-order chi connectivity index (χ1) is 14.5. The van der Waals surface area contributed by atoms with E-state index in [1.807, 2.05) is 48.7 Å². The van der Waals surface area contributed by atoms with Gasteiger partial charge in [0.15, 0.2) is 0 Å². The van der Waals surface area contributed by atoms with Gasteiger partial charge >= 0.3 is 6.03 Å². The summed E-state index contributed by atoms with van der Waals surface area (Å²) in [6.07, 6.45) is 0.867. The van der Waals surface area contributed by atoms with Crippen LogP contribution in [0.1, 0.15) is 29.3 Å². The molecule has 0 spiro atoms. The summed E-state index contributed by atoms with van der Waals surface area (Å²) in [5, 5.41) is 1.98. The van der Waals surface area contributed by atoms with Gasteiger partial charge in [-0.25, -0.2) is 4.79 Å². The summed E-state index contributed by atoms with van der Waals surface area (Å²) in [5.41, 5.74) is 7.35. The molecule has 8 heteroatoms. The third-order valence-electron chi connectivity index (χ3n) is 5.91. The first-order valence-corrected chi connectivity index (χ1v) is 11.1. The van der Waals surface area contributed by atoms with Crippen molar-refractivity contribution >= 4 is 34.9 Å². The van der Waals surface area contributed by atoms with Crippen LogP contribution in [-0.2, 0) is 9.59 Å². The maximum Gasteiger partial charge on any atom is 0.314 e. The SMILES string of the molecule is Cc1ccc(N2C(=O)CC(C(=O)N3CCCN(C(N)=O)CC3)C2c2cccs2)cc1. The van der Waals surface area contributed by atoms with Gasteiger partial charge in [-0.3, -0.25) is 9.59 Å². The van der Waals surface area contributed by atoms with Crippen LogP contribution in [0, 0.1) is 12.8 Å². The molecule has 30 heavy (non-hydrogen) atoms. The molecule has 4 amide bonds. The molecule has 2 aliphatic heterocycles. The molecule has 0 bridgehead atoms. The van der Waals surface area contributed by atoms with Crippen LogP contribution in [0.5, 0.6) is 0 Å². The third-order valence-corrected chi connectivity index (χ3v) is 6.85. The topological polar surface area (TPSA) is 87.0 Å². The molecule has 7 nitrogen and oxygen atoms in total. The average Bonchev–Trinajstić information content (AvgIpc) is 3.28. The van der Waals surface area contributed by atoms with Crippen molar-refractivity contribution in [2.45, 2.75) is 25.8 Å². The zero-order valence-corrected chi connectivity index (χ0v) is 17.8. The first kappa shape index (κ1) is 20.4. The Labute approximate surface area is 180 Å². The number of rotatable bonds is 3. The van der Waals surface area contributed by atoms with E-state index in [2.05, 4.69) is 0 Å². The minimum absolute atomic E-state index is 0.0253. The van der Waals surface area contributed by atoms with E-state index in [0.29, 0.717) is 32.6 Å². The van der Waals surface area contributed by atoms with Crippen LogP contribution in [0.15, 0.2) is 41.8 Å². The molecule has 0 radical (unpaired) electrons.